The Hall–Kier alpha value is -3.47. The van der Waals surface area contributed by atoms with Crippen LogP contribution >= 0.6 is 0 Å². The molecule has 0 aliphatic carbocycles. The molecule has 30 heavy (non-hydrogen) atoms. The van der Waals surface area contributed by atoms with Crippen molar-refractivity contribution in [1.82, 2.24) is 0 Å². The van der Waals surface area contributed by atoms with Crippen molar-refractivity contribution < 1.29 is 19.4 Å². The summed E-state index contributed by atoms with van der Waals surface area (Å²) >= 11 is 0. The number of benzene rings is 3. The van der Waals surface area contributed by atoms with E-state index in [1.165, 1.54) is 24.8 Å². The third kappa shape index (κ3) is 5.77. The van der Waals surface area contributed by atoms with Crippen LogP contribution < -0.4 is 14.8 Å². The SMILES string of the molecule is COc1ccc(O)c(C(=O)Nc2ccc(OCc3ccc(CC(C)C)cc3)cc2)c1. The molecule has 0 heterocycles. The van der Waals surface area contributed by atoms with Gasteiger partial charge in [-0.15, -0.1) is 0 Å². The highest BCUT2D eigenvalue weighted by atomic mass is 16.5. The molecule has 0 radical (unpaired) electrons. The number of aromatic hydroxyl groups is 1. The number of rotatable bonds is 8. The summed E-state index contributed by atoms with van der Waals surface area (Å²) < 4.78 is 10.9. The zero-order valence-corrected chi connectivity index (χ0v) is 17.5. The topological polar surface area (TPSA) is 67.8 Å². The number of carbonyl (C=O) groups is 1. The maximum absolute atomic E-state index is 12.4. The van der Waals surface area contributed by atoms with Crippen LogP contribution in [0.1, 0.15) is 35.3 Å². The van der Waals surface area contributed by atoms with Crippen LogP contribution in [0.2, 0.25) is 0 Å². The highest BCUT2D eigenvalue weighted by molar-refractivity contribution is 6.06. The first-order valence-corrected chi connectivity index (χ1v) is 9.93. The van der Waals surface area contributed by atoms with Gasteiger partial charge in [-0.25, -0.2) is 0 Å². The smallest absolute Gasteiger partial charge is 0.259 e. The molecule has 0 atom stereocenters. The zero-order valence-electron chi connectivity index (χ0n) is 17.5. The van der Waals surface area contributed by atoms with E-state index in [-0.39, 0.29) is 11.3 Å². The number of phenolic OH excluding ortho intramolecular Hbond substituents is 1. The molecule has 1 amide bonds. The van der Waals surface area contributed by atoms with Crippen molar-refractivity contribution in [2.75, 3.05) is 12.4 Å². The van der Waals surface area contributed by atoms with Gasteiger partial charge in [0.2, 0.25) is 0 Å². The first kappa shape index (κ1) is 21.2. The molecule has 3 rings (SSSR count). The molecule has 0 aliphatic rings. The van der Waals surface area contributed by atoms with Gasteiger partial charge in [0.25, 0.3) is 5.91 Å². The highest BCUT2D eigenvalue weighted by Gasteiger charge is 2.13. The van der Waals surface area contributed by atoms with Crippen molar-refractivity contribution in [1.29, 1.82) is 0 Å². The molecule has 0 spiro atoms. The first-order valence-electron chi connectivity index (χ1n) is 9.93. The largest absolute Gasteiger partial charge is 0.507 e. The summed E-state index contributed by atoms with van der Waals surface area (Å²) in [5.74, 6) is 1.33. The fourth-order valence-electron chi connectivity index (χ4n) is 3.07. The van der Waals surface area contributed by atoms with Crippen LogP contribution in [0.4, 0.5) is 5.69 Å². The van der Waals surface area contributed by atoms with Crippen LogP contribution in [0, 0.1) is 5.92 Å². The van der Waals surface area contributed by atoms with Crippen molar-refractivity contribution >= 4 is 11.6 Å². The number of anilines is 1. The predicted molar refractivity (Wildman–Crippen MR) is 118 cm³/mol. The van der Waals surface area contributed by atoms with E-state index in [1.807, 2.05) is 0 Å². The Morgan fingerprint density at radius 2 is 1.57 bits per heavy atom. The molecule has 0 aromatic heterocycles. The van der Waals surface area contributed by atoms with E-state index in [0.29, 0.717) is 29.7 Å². The second kappa shape index (κ2) is 9.83. The molecule has 0 aliphatic heterocycles. The minimum atomic E-state index is -0.415. The van der Waals surface area contributed by atoms with Gasteiger partial charge in [0.05, 0.1) is 12.7 Å². The van der Waals surface area contributed by atoms with Gasteiger partial charge < -0.3 is 19.9 Å². The number of hydrogen-bond donors (Lipinski definition) is 2. The Morgan fingerprint density at radius 1 is 0.933 bits per heavy atom. The molecular formula is C25H27NO4. The van der Waals surface area contributed by atoms with Crippen LogP contribution in [0.3, 0.4) is 0 Å². The van der Waals surface area contributed by atoms with Crippen molar-refractivity contribution in [3.05, 3.63) is 83.4 Å². The quantitative estimate of drug-likeness (QED) is 0.524. The molecule has 0 unspecified atom stereocenters. The van der Waals surface area contributed by atoms with Crippen molar-refractivity contribution in [3.8, 4) is 17.2 Å². The number of phenols is 1. The van der Waals surface area contributed by atoms with E-state index < -0.39 is 5.91 Å². The van der Waals surface area contributed by atoms with Crippen LogP contribution in [-0.4, -0.2) is 18.1 Å². The standard InChI is InChI=1S/C25H27NO4/c1-17(2)14-18-4-6-19(7-5-18)16-30-21-10-8-20(9-11-21)26-25(28)23-15-22(29-3)12-13-24(23)27/h4-13,15,17,27H,14,16H2,1-3H3,(H,26,28). The fraction of sp³-hybridized carbons (Fsp3) is 0.240. The normalized spacial score (nSPS) is 10.7. The summed E-state index contributed by atoms with van der Waals surface area (Å²) in [6, 6.07) is 20.1. The third-order valence-electron chi connectivity index (χ3n) is 4.63. The molecule has 3 aromatic rings. The fourth-order valence-corrected chi connectivity index (χ4v) is 3.07. The minimum Gasteiger partial charge on any atom is -0.507 e. The number of nitrogens with one attached hydrogen (secondary N) is 1. The molecular weight excluding hydrogens is 378 g/mol. The molecule has 2 N–H and O–H groups in total. The average molecular weight is 405 g/mol. The Morgan fingerprint density at radius 3 is 2.20 bits per heavy atom. The summed E-state index contributed by atoms with van der Waals surface area (Å²) in [5.41, 5.74) is 3.19. The van der Waals surface area contributed by atoms with Crippen LogP contribution in [0.15, 0.2) is 66.7 Å². The lowest BCUT2D eigenvalue weighted by atomic mass is 10.0. The van der Waals surface area contributed by atoms with Crippen LogP contribution in [-0.2, 0) is 13.0 Å². The number of ether oxygens (including phenoxy) is 2. The summed E-state index contributed by atoms with van der Waals surface area (Å²) in [4.78, 5) is 12.4. The molecule has 156 valence electrons. The molecule has 0 saturated carbocycles. The van der Waals surface area contributed by atoms with Gasteiger partial charge in [-0.3, -0.25) is 4.79 Å². The average Bonchev–Trinajstić information content (AvgIpc) is 2.74. The Balaban J connectivity index is 1.56. The van der Waals surface area contributed by atoms with Crippen LogP contribution in [0.5, 0.6) is 17.2 Å². The van der Waals surface area contributed by atoms with Gasteiger partial charge in [0.1, 0.15) is 23.9 Å². The summed E-state index contributed by atoms with van der Waals surface area (Å²) in [5, 5.41) is 12.7. The van der Waals surface area contributed by atoms with Gasteiger partial charge in [0, 0.05) is 5.69 Å². The lowest BCUT2D eigenvalue weighted by molar-refractivity contribution is 0.102. The monoisotopic (exact) mass is 405 g/mol. The van der Waals surface area contributed by atoms with Crippen molar-refractivity contribution in [2.45, 2.75) is 26.9 Å². The second-order valence-electron chi connectivity index (χ2n) is 7.56. The van der Waals surface area contributed by atoms with E-state index >= 15 is 0 Å². The molecule has 5 nitrogen and oxygen atoms in total. The predicted octanol–water partition coefficient (Wildman–Crippen LogP) is 5.43. The minimum absolute atomic E-state index is 0.104. The Labute approximate surface area is 177 Å². The molecule has 5 heteroatoms. The number of amides is 1. The van der Waals surface area contributed by atoms with E-state index in [2.05, 4.69) is 43.4 Å². The number of hydrogen-bond acceptors (Lipinski definition) is 4. The summed E-state index contributed by atoms with van der Waals surface area (Å²) in [7, 11) is 1.51. The Kier molecular flexibility index (Phi) is 6.96. The maximum atomic E-state index is 12.4. The molecule has 3 aromatic carbocycles. The summed E-state index contributed by atoms with van der Waals surface area (Å²) in [6.07, 6.45) is 1.07. The highest BCUT2D eigenvalue weighted by Crippen LogP contribution is 2.24. The van der Waals surface area contributed by atoms with Crippen molar-refractivity contribution in [2.24, 2.45) is 5.92 Å². The van der Waals surface area contributed by atoms with Gasteiger partial charge in [-0.1, -0.05) is 38.1 Å². The van der Waals surface area contributed by atoms with Gasteiger partial charge in [0.15, 0.2) is 0 Å². The first-order chi connectivity index (χ1) is 14.4. The maximum Gasteiger partial charge on any atom is 0.259 e. The lowest BCUT2D eigenvalue weighted by Crippen LogP contribution is -2.12. The molecule has 0 fully saturated rings. The van der Waals surface area contributed by atoms with E-state index in [0.717, 1.165) is 12.0 Å². The Bertz CT molecular complexity index is 979. The third-order valence-corrected chi connectivity index (χ3v) is 4.63. The number of methoxy groups -OCH3 is 1. The number of carbonyl (C=O) groups excluding carboxylic acids is 1. The van der Waals surface area contributed by atoms with E-state index in [1.54, 1.807) is 30.3 Å². The summed E-state index contributed by atoms with van der Waals surface area (Å²) in [6.45, 7) is 4.90. The van der Waals surface area contributed by atoms with Crippen molar-refractivity contribution in [3.63, 3.8) is 0 Å². The van der Waals surface area contributed by atoms with E-state index in [9.17, 15) is 9.90 Å². The van der Waals surface area contributed by atoms with Gasteiger partial charge in [-0.2, -0.15) is 0 Å². The zero-order chi connectivity index (χ0) is 21.5. The lowest BCUT2D eigenvalue weighted by Gasteiger charge is -2.10. The molecule has 0 bridgehead atoms. The van der Waals surface area contributed by atoms with Crippen LogP contribution in [0.25, 0.3) is 0 Å². The van der Waals surface area contributed by atoms with Gasteiger partial charge >= 0.3 is 0 Å². The van der Waals surface area contributed by atoms with Gasteiger partial charge in [-0.05, 0) is 65.9 Å². The second-order valence-corrected chi connectivity index (χ2v) is 7.56. The van der Waals surface area contributed by atoms with E-state index in [4.69, 9.17) is 9.47 Å². The molecule has 0 saturated heterocycles.